The minimum Gasteiger partial charge on any atom is -0.484 e. The Labute approximate surface area is 144 Å². The molecule has 0 bridgehead atoms. The maximum Gasteiger partial charge on any atom is 0.258 e. The van der Waals surface area contributed by atoms with Gasteiger partial charge in [-0.05, 0) is 56.8 Å². The normalized spacial score (nSPS) is 12.0. The number of nitrogens with one attached hydrogen (secondary N) is 1. The molecule has 1 unspecified atom stereocenters. The molecule has 1 N–H and O–H groups in total. The second-order valence-corrected chi connectivity index (χ2v) is 6.33. The van der Waals surface area contributed by atoms with Crippen LogP contribution in [-0.4, -0.2) is 38.1 Å². The highest BCUT2D eigenvalue weighted by molar-refractivity contribution is 5.78. The fraction of sp³-hybridized carbons (Fsp3) is 0.350. The van der Waals surface area contributed by atoms with E-state index in [0.717, 1.165) is 23.4 Å². The van der Waals surface area contributed by atoms with E-state index >= 15 is 0 Å². The zero-order chi connectivity index (χ0) is 17.5. The Morgan fingerprint density at radius 3 is 2.42 bits per heavy atom. The van der Waals surface area contributed by atoms with Gasteiger partial charge in [0.1, 0.15) is 5.75 Å². The van der Waals surface area contributed by atoms with Crippen molar-refractivity contribution in [2.45, 2.75) is 19.9 Å². The van der Waals surface area contributed by atoms with Gasteiger partial charge in [0, 0.05) is 6.54 Å². The van der Waals surface area contributed by atoms with Crippen molar-refractivity contribution in [2.24, 2.45) is 0 Å². The molecule has 128 valence electrons. The highest BCUT2D eigenvalue weighted by atomic mass is 16.5. The van der Waals surface area contributed by atoms with Gasteiger partial charge < -0.3 is 15.0 Å². The molecule has 4 heteroatoms. The SMILES string of the molecule is Cc1ccc(OCC(=O)NC(CN(C)C)c2ccccc2)cc1C. The van der Waals surface area contributed by atoms with Crippen molar-refractivity contribution in [1.29, 1.82) is 0 Å². The predicted molar refractivity (Wildman–Crippen MR) is 97.3 cm³/mol. The number of likely N-dealkylation sites (N-methyl/N-ethyl adjacent to an activating group) is 1. The summed E-state index contributed by atoms with van der Waals surface area (Å²) in [6, 6.07) is 15.8. The van der Waals surface area contributed by atoms with E-state index < -0.39 is 0 Å². The predicted octanol–water partition coefficient (Wildman–Crippen LogP) is 3.10. The number of carbonyl (C=O) groups is 1. The summed E-state index contributed by atoms with van der Waals surface area (Å²) in [4.78, 5) is 14.3. The third-order valence-electron chi connectivity index (χ3n) is 3.93. The summed E-state index contributed by atoms with van der Waals surface area (Å²) < 4.78 is 5.62. The maximum atomic E-state index is 12.3. The lowest BCUT2D eigenvalue weighted by atomic mass is 10.1. The smallest absolute Gasteiger partial charge is 0.258 e. The summed E-state index contributed by atoms with van der Waals surface area (Å²) in [6.45, 7) is 4.83. The molecular formula is C20H26N2O2. The number of ether oxygens (including phenoxy) is 1. The number of rotatable bonds is 7. The second kappa shape index (κ2) is 8.50. The summed E-state index contributed by atoms with van der Waals surface area (Å²) in [5.41, 5.74) is 3.45. The molecular weight excluding hydrogens is 300 g/mol. The quantitative estimate of drug-likeness (QED) is 0.850. The fourth-order valence-electron chi connectivity index (χ4n) is 2.47. The van der Waals surface area contributed by atoms with Gasteiger partial charge in [-0.3, -0.25) is 4.79 Å². The first kappa shape index (κ1) is 18.0. The largest absolute Gasteiger partial charge is 0.484 e. The van der Waals surface area contributed by atoms with Crippen LogP contribution in [-0.2, 0) is 4.79 Å². The average molecular weight is 326 g/mol. The van der Waals surface area contributed by atoms with Crippen LogP contribution < -0.4 is 10.1 Å². The Balaban J connectivity index is 1.96. The summed E-state index contributed by atoms with van der Waals surface area (Å²) in [5, 5.41) is 3.06. The van der Waals surface area contributed by atoms with Crippen LogP contribution in [0.5, 0.6) is 5.75 Å². The lowest BCUT2D eigenvalue weighted by Crippen LogP contribution is -2.37. The number of carbonyl (C=O) groups excluding carboxylic acids is 1. The maximum absolute atomic E-state index is 12.3. The molecule has 0 spiro atoms. The number of benzene rings is 2. The van der Waals surface area contributed by atoms with E-state index in [1.807, 2.05) is 69.6 Å². The van der Waals surface area contributed by atoms with Crippen LogP contribution >= 0.6 is 0 Å². The Hall–Kier alpha value is -2.33. The van der Waals surface area contributed by atoms with Gasteiger partial charge in [-0.2, -0.15) is 0 Å². The van der Waals surface area contributed by atoms with E-state index in [1.165, 1.54) is 5.56 Å². The molecule has 0 aliphatic rings. The van der Waals surface area contributed by atoms with Gasteiger partial charge in [-0.1, -0.05) is 36.4 Å². The van der Waals surface area contributed by atoms with Gasteiger partial charge in [0.25, 0.3) is 5.91 Å². The van der Waals surface area contributed by atoms with Gasteiger partial charge in [0.15, 0.2) is 6.61 Å². The molecule has 0 saturated carbocycles. The van der Waals surface area contributed by atoms with Crippen LogP contribution in [0.3, 0.4) is 0 Å². The van der Waals surface area contributed by atoms with E-state index in [4.69, 9.17) is 4.74 Å². The minimum absolute atomic E-state index is 0.0132. The van der Waals surface area contributed by atoms with Gasteiger partial charge in [0.05, 0.1) is 6.04 Å². The molecule has 0 heterocycles. The molecule has 0 fully saturated rings. The summed E-state index contributed by atoms with van der Waals surface area (Å²) in [5.74, 6) is 0.598. The van der Waals surface area contributed by atoms with Crippen LogP contribution in [0.1, 0.15) is 22.7 Å². The van der Waals surface area contributed by atoms with E-state index in [2.05, 4.69) is 17.1 Å². The van der Waals surface area contributed by atoms with E-state index in [0.29, 0.717) is 0 Å². The summed E-state index contributed by atoms with van der Waals surface area (Å²) >= 11 is 0. The van der Waals surface area contributed by atoms with Crippen molar-refractivity contribution in [3.8, 4) is 5.75 Å². The Kier molecular flexibility index (Phi) is 6.38. The lowest BCUT2D eigenvalue weighted by molar-refractivity contribution is -0.124. The molecule has 2 aromatic rings. The van der Waals surface area contributed by atoms with E-state index in [9.17, 15) is 4.79 Å². The second-order valence-electron chi connectivity index (χ2n) is 6.33. The monoisotopic (exact) mass is 326 g/mol. The molecule has 0 aromatic heterocycles. The molecule has 2 aromatic carbocycles. The molecule has 0 aliphatic heterocycles. The number of aryl methyl sites for hydroxylation is 2. The number of amides is 1. The molecule has 0 saturated heterocycles. The Morgan fingerprint density at radius 2 is 1.79 bits per heavy atom. The first-order valence-corrected chi connectivity index (χ1v) is 8.15. The number of hydrogen-bond acceptors (Lipinski definition) is 3. The Morgan fingerprint density at radius 1 is 1.08 bits per heavy atom. The van der Waals surface area contributed by atoms with Crippen molar-refractivity contribution in [2.75, 3.05) is 27.2 Å². The topological polar surface area (TPSA) is 41.6 Å². The third-order valence-corrected chi connectivity index (χ3v) is 3.93. The molecule has 0 aliphatic carbocycles. The fourth-order valence-corrected chi connectivity index (χ4v) is 2.47. The van der Waals surface area contributed by atoms with E-state index in [-0.39, 0.29) is 18.6 Å². The van der Waals surface area contributed by atoms with Crippen molar-refractivity contribution in [3.05, 3.63) is 65.2 Å². The highest BCUT2D eigenvalue weighted by Crippen LogP contribution is 2.17. The van der Waals surface area contributed by atoms with Crippen LogP contribution in [0, 0.1) is 13.8 Å². The van der Waals surface area contributed by atoms with Crippen LogP contribution in [0.25, 0.3) is 0 Å². The number of hydrogen-bond donors (Lipinski definition) is 1. The van der Waals surface area contributed by atoms with Gasteiger partial charge >= 0.3 is 0 Å². The summed E-state index contributed by atoms with van der Waals surface area (Å²) in [7, 11) is 3.99. The first-order valence-electron chi connectivity index (χ1n) is 8.15. The molecule has 4 nitrogen and oxygen atoms in total. The molecule has 0 radical (unpaired) electrons. The average Bonchev–Trinajstić information content (AvgIpc) is 2.56. The zero-order valence-corrected chi connectivity index (χ0v) is 14.9. The van der Waals surface area contributed by atoms with Crippen molar-refractivity contribution in [1.82, 2.24) is 10.2 Å². The third kappa shape index (κ3) is 5.39. The van der Waals surface area contributed by atoms with Crippen LogP contribution in [0.4, 0.5) is 0 Å². The lowest BCUT2D eigenvalue weighted by Gasteiger charge is -2.23. The van der Waals surface area contributed by atoms with Crippen molar-refractivity contribution < 1.29 is 9.53 Å². The van der Waals surface area contributed by atoms with Crippen LogP contribution in [0.15, 0.2) is 48.5 Å². The minimum atomic E-state index is -0.121. The van der Waals surface area contributed by atoms with Gasteiger partial charge in [0.2, 0.25) is 0 Å². The van der Waals surface area contributed by atoms with E-state index in [1.54, 1.807) is 0 Å². The molecule has 24 heavy (non-hydrogen) atoms. The zero-order valence-electron chi connectivity index (χ0n) is 14.9. The molecule has 2 rings (SSSR count). The number of nitrogens with zero attached hydrogens (tertiary/aromatic N) is 1. The highest BCUT2D eigenvalue weighted by Gasteiger charge is 2.15. The van der Waals surface area contributed by atoms with Crippen molar-refractivity contribution in [3.63, 3.8) is 0 Å². The Bertz CT molecular complexity index is 669. The van der Waals surface area contributed by atoms with Gasteiger partial charge in [-0.25, -0.2) is 0 Å². The first-order chi connectivity index (χ1) is 11.5. The van der Waals surface area contributed by atoms with Crippen molar-refractivity contribution >= 4 is 5.91 Å². The summed E-state index contributed by atoms with van der Waals surface area (Å²) in [6.07, 6.45) is 0. The molecule has 1 atom stereocenters. The molecule has 1 amide bonds. The van der Waals surface area contributed by atoms with Crippen LogP contribution in [0.2, 0.25) is 0 Å². The standard InChI is InChI=1S/C20H26N2O2/c1-15-10-11-18(12-16(15)2)24-14-20(23)21-19(13-22(3)4)17-8-6-5-7-9-17/h5-12,19H,13-14H2,1-4H3,(H,21,23). The van der Waals surface area contributed by atoms with Gasteiger partial charge in [-0.15, -0.1) is 0 Å².